The van der Waals surface area contributed by atoms with Crippen LogP contribution in [-0.4, -0.2) is 61.6 Å². The van der Waals surface area contributed by atoms with Crippen LogP contribution in [0.25, 0.3) is 0 Å². The van der Waals surface area contributed by atoms with Crippen LogP contribution in [0.2, 0.25) is 0 Å². The summed E-state index contributed by atoms with van der Waals surface area (Å²) in [6.45, 7) is 5.16. The van der Waals surface area contributed by atoms with Crippen molar-refractivity contribution in [1.29, 1.82) is 0 Å². The summed E-state index contributed by atoms with van der Waals surface area (Å²) in [5.74, 6) is 0.354. The van der Waals surface area contributed by atoms with Crippen LogP contribution >= 0.6 is 0 Å². The molecule has 1 aromatic rings. The molecule has 2 aliphatic heterocycles. The molecule has 0 amide bonds. The van der Waals surface area contributed by atoms with Gasteiger partial charge in [-0.25, -0.2) is 8.42 Å². The summed E-state index contributed by atoms with van der Waals surface area (Å²) in [5.41, 5.74) is 1.06. The Kier molecular flexibility index (Phi) is 4.05. The lowest BCUT2D eigenvalue weighted by Gasteiger charge is -2.43. The number of sulfonamides is 1. The first-order valence-electron chi connectivity index (χ1n) is 7.42. The van der Waals surface area contributed by atoms with E-state index in [0.29, 0.717) is 29.9 Å². The van der Waals surface area contributed by atoms with Gasteiger partial charge >= 0.3 is 0 Å². The van der Waals surface area contributed by atoms with Crippen LogP contribution in [-0.2, 0) is 10.0 Å². The molecular weight excluding hydrogens is 288 g/mol. The second kappa shape index (κ2) is 5.68. The van der Waals surface area contributed by atoms with Gasteiger partial charge in [0.25, 0.3) is 0 Å². The average Bonchev–Trinajstić information content (AvgIpc) is 2.86. The number of hydrogen-bond acceptors (Lipinski definition) is 4. The molecule has 0 bridgehead atoms. The number of rotatable bonds is 4. The van der Waals surface area contributed by atoms with Crippen molar-refractivity contribution < 1.29 is 13.5 Å². The lowest BCUT2D eigenvalue weighted by molar-refractivity contribution is 0.102. The van der Waals surface area contributed by atoms with E-state index in [1.807, 2.05) is 19.1 Å². The van der Waals surface area contributed by atoms with E-state index in [4.69, 9.17) is 0 Å². The molecule has 1 N–H and O–H groups in total. The van der Waals surface area contributed by atoms with Gasteiger partial charge in [-0.2, -0.15) is 4.31 Å². The highest BCUT2D eigenvalue weighted by molar-refractivity contribution is 7.89. The Morgan fingerprint density at radius 1 is 1.19 bits per heavy atom. The molecule has 1 atom stereocenters. The first-order valence-corrected chi connectivity index (χ1v) is 8.86. The minimum Gasteiger partial charge on any atom is -0.396 e. The summed E-state index contributed by atoms with van der Waals surface area (Å²) in [7, 11) is -3.34. The minimum atomic E-state index is -3.34. The molecule has 0 radical (unpaired) electrons. The SMILES string of the molecule is Cc1ccc(S(=O)(=O)N2CC(N3CC[C@@H](CO)C3)C2)cc1. The van der Waals surface area contributed by atoms with Crippen LogP contribution in [0.15, 0.2) is 29.2 Å². The third-order valence-corrected chi connectivity index (χ3v) is 6.43. The third-order valence-electron chi connectivity index (χ3n) is 4.58. The van der Waals surface area contributed by atoms with Crippen molar-refractivity contribution >= 4 is 10.0 Å². The minimum absolute atomic E-state index is 0.231. The first-order chi connectivity index (χ1) is 10.0. The van der Waals surface area contributed by atoms with E-state index in [1.165, 1.54) is 0 Å². The fourth-order valence-electron chi connectivity index (χ4n) is 3.05. The van der Waals surface area contributed by atoms with E-state index >= 15 is 0 Å². The van der Waals surface area contributed by atoms with Gasteiger partial charge in [0.1, 0.15) is 0 Å². The molecule has 5 nitrogen and oxygen atoms in total. The Morgan fingerprint density at radius 2 is 1.86 bits per heavy atom. The summed E-state index contributed by atoms with van der Waals surface area (Å²) in [4.78, 5) is 2.68. The molecule has 2 aliphatic rings. The molecule has 6 heteroatoms. The van der Waals surface area contributed by atoms with Gasteiger partial charge in [0.05, 0.1) is 4.90 Å². The Labute approximate surface area is 126 Å². The number of likely N-dealkylation sites (tertiary alicyclic amines) is 1. The number of aryl methyl sites for hydroxylation is 1. The maximum absolute atomic E-state index is 12.5. The fourth-order valence-corrected chi connectivity index (χ4v) is 4.56. The Balaban J connectivity index is 1.62. The van der Waals surface area contributed by atoms with Gasteiger partial charge in [0.15, 0.2) is 0 Å². The highest BCUT2D eigenvalue weighted by Crippen LogP contribution is 2.28. The number of benzene rings is 1. The van der Waals surface area contributed by atoms with Crippen LogP contribution in [0.1, 0.15) is 12.0 Å². The summed E-state index contributed by atoms with van der Waals surface area (Å²) in [5, 5.41) is 9.18. The lowest BCUT2D eigenvalue weighted by atomic mass is 10.1. The molecule has 2 heterocycles. The zero-order chi connectivity index (χ0) is 15.0. The normalized spacial score (nSPS) is 25.1. The Bertz CT molecular complexity index is 594. The average molecular weight is 310 g/mol. The smallest absolute Gasteiger partial charge is 0.243 e. The van der Waals surface area contributed by atoms with Gasteiger partial charge in [-0.05, 0) is 37.9 Å². The van der Waals surface area contributed by atoms with E-state index in [0.717, 1.165) is 25.1 Å². The number of nitrogens with zero attached hydrogens (tertiary/aromatic N) is 2. The van der Waals surface area contributed by atoms with Crippen molar-refractivity contribution in [3.05, 3.63) is 29.8 Å². The quantitative estimate of drug-likeness (QED) is 0.888. The second-order valence-corrected chi connectivity index (χ2v) is 8.06. The van der Waals surface area contributed by atoms with Crippen molar-refractivity contribution in [2.75, 3.05) is 32.8 Å². The van der Waals surface area contributed by atoms with Crippen molar-refractivity contribution in [3.8, 4) is 0 Å². The van der Waals surface area contributed by atoms with E-state index in [-0.39, 0.29) is 6.61 Å². The molecule has 0 saturated carbocycles. The third kappa shape index (κ3) is 2.85. The van der Waals surface area contributed by atoms with Crippen LogP contribution in [0.3, 0.4) is 0 Å². The van der Waals surface area contributed by atoms with Gasteiger partial charge in [-0.1, -0.05) is 17.7 Å². The summed E-state index contributed by atoms with van der Waals surface area (Å²) < 4.78 is 26.5. The zero-order valence-electron chi connectivity index (χ0n) is 12.3. The molecule has 0 spiro atoms. The van der Waals surface area contributed by atoms with E-state index in [2.05, 4.69) is 4.90 Å². The number of aliphatic hydroxyl groups is 1. The maximum atomic E-state index is 12.5. The summed E-state index contributed by atoms with van der Waals surface area (Å²) in [6.07, 6.45) is 1.01. The molecular formula is C15H22N2O3S. The molecule has 2 saturated heterocycles. The molecule has 3 rings (SSSR count). The van der Waals surface area contributed by atoms with Crippen molar-refractivity contribution in [3.63, 3.8) is 0 Å². The highest BCUT2D eigenvalue weighted by Gasteiger charge is 2.41. The Morgan fingerprint density at radius 3 is 2.43 bits per heavy atom. The van der Waals surface area contributed by atoms with Crippen LogP contribution < -0.4 is 0 Å². The van der Waals surface area contributed by atoms with Gasteiger partial charge in [0, 0.05) is 32.3 Å². The van der Waals surface area contributed by atoms with Gasteiger partial charge in [-0.15, -0.1) is 0 Å². The van der Waals surface area contributed by atoms with Crippen LogP contribution in [0, 0.1) is 12.8 Å². The fraction of sp³-hybridized carbons (Fsp3) is 0.600. The monoisotopic (exact) mass is 310 g/mol. The molecule has 0 unspecified atom stereocenters. The topological polar surface area (TPSA) is 60.9 Å². The van der Waals surface area contributed by atoms with Crippen molar-refractivity contribution in [2.45, 2.75) is 24.3 Å². The molecule has 1 aromatic carbocycles. The second-order valence-electron chi connectivity index (χ2n) is 6.12. The van der Waals surface area contributed by atoms with Crippen LogP contribution in [0.5, 0.6) is 0 Å². The molecule has 116 valence electrons. The largest absolute Gasteiger partial charge is 0.396 e. The predicted molar refractivity (Wildman–Crippen MR) is 80.5 cm³/mol. The maximum Gasteiger partial charge on any atom is 0.243 e. The lowest BCUT2D eigenvalue weighted by Crippen LogP contribution is -2.60. The highest BCUT2D eigenvalue weighted by atomic mass is 32.2. The van der Waals surface area contributed by atoms with Gasteiger partial charge in [0.2, 0.25) is 10.0 Å². The van der Waals surface area contributed by atoms with Gasteiger partial charge in [-0.3, -0.25) is 4.90 Å². The van der Waals surface area contributed by atoms with E-state index < -0.39 is 10.0 Å². The molecule has 2 fully saturated rings. The van der Waals surface area contributed by atoms with E-state index in [9.17, 15) is 13.5 Å². The van der Waals surface area contributed by atoms with E-state index in [1.54, 1.807) is 16.4 Å². The Hall–Kier alpha value is -0.950. The number of aliphatic hydroxyl groups excluding tert-OH is 1. The van der Waals surface area contributed by atoms with Crippen molar-refractivity contribution in [1.82, 2.24) is 9.21 Å². The molecule has 21 heavy (non-hydrogen) atoms. The number of hydrogen-bond donors (Lipinski definition) is 1. The van der Waals surface area contributed by atoms with Crippen LogP contribution in [0.4, 0.5) is 0 Å². The standard InChI is InChI=1S/C15H22N2O3S/c1-12-2-4-15(5-3-12)21(19,20)17-9-14(10-17)16-7-6-13(8-16)11-18/h2-5,13-14,18H,6-11H2,1H3/t13-/m1/s1. The molecule has 0 aromatic heterocycles. The van der Waals surface area contributed by atoms with Gasteiger partial charge < -0.3 is 5.11 Å². The summed E-state index contributed by atoms with van der Waals surface area (Å²) in [6, 6.07) is 7.32. The van der Waals surface area contributed by atoms with Crippen molar-refractivity contribution in [2.24, 2.45) is 5.92 Å². The predicted octanol–water partition coefficient (Wildman–Crippen LogP) is 0.682. The summed E-state index contributed by atoms with van der Waals surface area (Å²) >= 11 is 0. The first kappa shape index (κ1) is 15.0. The molecule has 0 aliphatic carbocycles. The zero-order valence-corrected chi connectivity index (χ0v) is 13.1.